The quantitative estimate of drug-likeness (QED) is 0.270. The number of benzene rings is 3. The Morgan fingerprint density at radius 1 is 1.00 bits per heavy atom. The van der Waals surface area contributed by atoms with Crippen LogP contribution >= 0.6 is 0 Å². The normalized spacial score (nSPS) is 14.5. The van der Waals surface area contributed by atoms with Gasteiger partial charge >= 0.3 is 12.1 Å². The van der Waals surface area contributed by atoms with Gasteiger partial charge in [-0.25, -0.2) is 4.79 Å². The van der Waals surface area contributed by atoms with Crippen molar-refractivity contribution in [2.75, 3.05) is 0 Å². The minimum atomic E-state index is -4.63. The predicted molar refractivity (Wildman–Crippen MR) is 127 cm³/mol. The minimum Gasteiger partial charge on any atom is -0.488 e. The van der Waals surface area contributed by atoms with E-state index in [4.69, 9.17) is 9.47 Å². The van der Waals surface area contributed by atoms with E-state index < -0.39 is 17.7 Å². The Morgan fingerprint density at radius 2 is 1.60 bits per heavy atom. The summed E-state index contributed by atoms with van der Waals surface area (Å²) in [6.07, 6.45) is -3.84. The number of hydrogen-bond donors (Lipinski definition) is 0. The van der Waals surface area contributed by atoms with E-state index in [1.807, 2.05) is 49.1 Å². The number of ether oxygens (including phenoxy) is 2. The van der Waals surface area contributed by atoms with Crippen molar-refractivity contribution in [3.8, 4) is 11.5 Å². The lowest BCUT2D eigenvalue weighted by molar-refractivity contribution is -0.138. The summed E-state index contributed by atoms with van der Waals surface area (Å²) in [5, 5.41) is 0. The van der Waals surface area contributed by atoms with Crippen molar-refractivity contribution in [1.29, 1.82) is 0 Å². The van der Waals surface area contributed by atoms with Crippen LogP contribution in [0.4, 0.5) is 13.2 Å². The Balaban J connectivity index is 1.86. The summed E-state index contributed by atoms with van der Waals surface area (Å²) in [5.41, 5.74) is 0.297. The first-order chi connectivity index (χ1) is 16.7. The molecule has 0 unspecified atom stereocenters. The fraction of sp³-hybridized carbons (Fsp3) is 0.321. The van der Waals surface area contributed by atoms with Gasteiger partial charge in [-0.3, -0.25) is 4.90 Å². The van der Waals surface area contributed by atoms with Crippen molar-refractivity contribution in [3.05, 3.63) is 94.0 Å². The molecule has 0 saturated heterocycles. The molecule has 0 saturated carbocycles. The third-order valence-corrected chi connectivity index (χ3v) is 6.52. The molecule has 1 atom stereocenters. The highest BCUT2D eigenvalue weighted by Crippen LogP contribution is 2.46. The summed E-state index contributed by atoms with van der Waals surface area (Å²) in [5.74, 6) is -0.450. The van der Waals surface area contributed by atoms with Gasteiger partial charge in [-0.1, -0.05) is 55.5 Å². The van der Waals surface area contributed by atoms with Gasteiger partial charge in [0.2, 0.25) is 0 Å². The number of carbonyl (C=O) groups is 1. The molecule has 4 rings (SSSR count). The Morgan fingerprint density at radius 3 is 2.20 bits per heavy atom. The molecule has 4 nitrogen and oxygen atoms in total. The standard InChI is InChI=1S/C28H28F3NO3/c1-4-18(2)32-15-22-23(16-32)26(34-17-20-11-7-5-8-12-20)24(19(3)25(22)28(29,30)31)27(33)35-21-13-9-6-10-14-21/h5-14,18H,4,15-17H2,1-3H3/t18-/m0/s1. The number of halogens is 3. The van der Waals surface area contributed by atoms with Gasteiger partial charge < -0.3 is 9.47 Å². The number of hydrogen-bond acceptors (Lipinski definition) is 4. The van der Waals surface area contributed by atoms with Crippen LogP contribution in [0.3, 0.4) is 0 Å². The predicted octanol–water partition coefficient (Wildman–Crippen LogP) is 6.93. The summed E-state index contributed by atoms with van der Waals surface area (Å²) in [6.45, 7) is 5.85. The smallest absolute Gasteiger partial charge is 0.417 e. The Labute approximate surface area is 203 Å². The number of carbonyl (C=O) groups excluding carboxylic acids is 1. The molecule has 35 heavy (non-hydrogen) atoms. The fourth-order valence-corrected chi connectivity index (χ4v) is 4.50. The molecule has 1 aliphatic heterocycles. The van der Waals surface area contributed by atoms with E-state index in [0.717, 1.165) is 12.0 Å². The van der Waals surface area contributed by atoms with Crippen molar-refractivity contribution in [1.82, 2.24) is 4.90 Å². The summed E-state index contributed by atoms with van der Waals surface area (Å²) < 4.78 is 54.7. The van der Waals surface area contributed by atoms with Crippen LogP contribution in [0.1, 0.15) is 58.4 Å². The highest BCUT2D eigenvalue weighted by atomic mass is 19.4. The van der Waals surface area contributed by atoms with E-state index in [2.05, 4.69) is 0 Å². The zero-order valence-corrected chi connectivity index (χ0v) is 20.0. The van der Waals surface area contributed by atoms with Crippen molar-refractivity contribution in [2.24, 2.45) is 0 Å². The molecular weight excluding hydrogens is 455 g/mol. The minimum absolute atomic E-state index is 0.0745. The number of alkyl halides is 3. The molecule has 3 aromatic carbocycles. The van der Waals surface area contributed by atoms with Crippen LogP contribution in [0.15, 0.2) is 60.7 Å². The Kier molecular flexibility index (Phi) is 7.17. The average Bonchev–Trinajstić information content (AvgIpc) is 3.26. The van der Waals surface area contributed by atoms with Crippen molar-refractivity contribution in [3.63, 3.8) is 0 Å². The van der Waals surface area contributed by atoms with Crippen molar-refractivity contribution >= 4 is 5.97 Å². The number of para-hydroxylation sites is 1. The lowest BCUT2D eigenvalue weighted by atomic mass is 9.91. The van der Waals surface area contributed by atoms with Gasteiger partial charge in [-0.05, 0) is 49.1 Å². The molecule has 1 aliphatic rings. The van der Waals surface area contributed by atoms with E-state index in [-0.39, 0.29) is 53.9 Å². The van der Waals surface area contributed by atoms with Crippen LogP contribution in [0.25, 0.3) is 0 Å². The van der Waals surface area contributed by atoms with E-state index in [1.54, 1.807) is 30.3 Å². The number of fused-ring (bicyclic) bond motifs is 1. The van der Waals surface area contributed by atoms with Crippen molar-refractivity contribution in [2.45, 2.75) is 59.1 Å². The molecule has 0 N–H and O–H groups in total. The molecule has 0 spiro atoms. The Bertz CT molecular complexity index is 1190. The van der Waals surface area contributed by atoms with Crippen LogP contribution < -0.4 is 9.47 Å². The van der Waals surface area contributed by atoms with Crippen LogP contribution in [0, 0.1) is 6.92 Å². The van der Waals surface area contributed by atoms with Gasteiger partial charge in [-0.2, -0.15) is 13.2 Å². The SMILES string of the molecule is CC[C@H](C)N1Cc2c(c(C(F)(F)F)c(C)c(C(=O)Oc3ccccc3)c2OCc2ccccc2)C1. The molecular formula is C28H28F3NO3. The zero-order valence-electron chi connectivity index (χ0n) is 20.0. The summed E-state index contributed by atoms with van der Waals surface area (Å²) in [4.78, 5) is 15.3. The lowest BCUT2D eigenvalue weighted by Crippen LogP contribution is -2.27. The van der Waals surface area contributed by atoms with Crippen LogP contribution in [-0.2, 0) is 25.9 Å². The Hall–Kier alpha value is -3.32. The highest BCUT2D eigenvalue weighted by Gasteiger charge is 2.43. The molecule has 184 valence electrons. The fourth-order valence-electron chi connectivity index (χ4n) is 4.50. The lowest BCUT2D eigenvalue weighted by Gasteiger charge is -2.22. The zero-order chi connectivity index (χ0) is 25.2. The second-order valence-electron chi connectivity index (χ2n) is 8.80. The summed E-state index contributed by atoms with van der Waals surface area (Å²) in [7, 11) is 0. The van der Waals surface area contributed by atoms with Gasteiger partial charge in [-0.15, -0.1) is 0 Å². The molecule has 0 aliphatic carbocycles. The van der Waals surface area contributed by atoms with Gasteiger partial charge in [0.15, 0.2) is 0 Å². The summed E-state index contributed by atoms with van der Waals surface area (Å²) in [6, 6.07) is 17.7. The monoisotopic (exact) mass is 483 g/mol. The second kappa shape index (κ2) is 10.1. The third-order valence-electron chi connectivity index (χ3n) is 6.52. The van der Waals surface area contributed by atoms with Crippen LogP contribution in [0.2, 0.25) is 0 Å². The first-order valence-electron chi connectivity index (χ1n) is 11.6. The molecule has 0 radical (unpaired) electrons. The maximum Gasteiger partial charge on any atom is 0.417 e. The maximum absolute atomic E-state index is 14.4. The van der Waals surface area contributed by atoms with Gasteiger partial charge in [0.1, 0.15) is 23.7 Å². The summed E-state index contributed by atoms with van der Waals surface area (Å²) >= 11 is 0. The molecule has 0 amide bonds. The number of rotatable bonds is 7. The van der Waals surface area contributed by atoms with E-state index in [9.17, 15) is 18.0 Å². The van der Waals surface area contributed by atoms with E-state index in [0.29, 0.717) is 5.56 Å². The second-order valence-corrected chi connectivity index (χ2v) is 8.80. The maximum atomic E-state index is 14.4. The topological polar surface area (TPSA) is 38.8 Å². The van der Waals surface area contributed by atoms with Gasteiger partial charge in [0, 0.05) is 24.7 Å². The van der Waals surface area contributed by atoms with Gasteiger partial charge in [0.05, 0.1) is 5.56 Å². The van der Waals surface area contributed by atoms with Crippen LogP contribution in [0.5, 0.6) is 11.5 Å². The molecule has 0 bridgehead atoms. The third kappa shape index (κ3) is 5.20. The highest BCUT2D eigenvalue weighted by molar-refractivity contribution is 5.97. The van der Waals surface area contributed by atoms with Gasteiger partial charge in [0.25, 0.3) is 0 Å². The largest absolute Gasteiger partial charge is 0.488 e. The van der Waals surface area contributed by atoms with E-state index >= 15 is 0 Å². The van der Waals surface area contributed by atoms with Crippen LogP contribution in [-0.4, -0.2) is 16.9 Å². The average molecular weight is 484 g/mol. The first kappa shape index (κ1) is 24.8. The molecule has 1 heterocycles. The number of esters is 1. The molecule has 3 aromatic rings. The first-order valence-corrected chi connectivity index (χ1v) is 11.6. The molecule has 0 aromatic heterocycles. The van der Waals surface area contributed by atoms with E-state index in [1.165, 1.54) is 6.92 Å². The number of nitrogens with zero attached hydrogens (tertiary/aromatic N) is 1. The molecule has 0 fully saturated rings. The molecule has 7 heteroatoms. The van der Waals surface area contributed by atoms with Crippen molar-refractivity contribution < 1.29 is 27.4 Å².